The van der Waals surface area contributed by atoms with Crippen LogP contribution in [-0.4, -0.2) is 48.9 Å². The SMILES string of the molecule is COc1ccc(F)cc1C(=O)COC(=O)[C@@H]1CCCN1C(=O)c1ccco1. The van der Waals surface area contributed by atoms with Crippen molar-refractivity contribution >= 4 is 17.7 Å². The van der Waals surface area contributed by atoms with E-state index in [2.05, 4.69) is 0 Å². The van der Waals surface area contributed by atoms with Crippen molar-refractivity contribution in [3.05, 3.63) is 53.7 Å². The summed E-state index contributed by atoms with van der Waals surface area (Å²) >= 11 is 0. The number of methoxy groups -OCH3 is 1. The minimum atomic E-state index is -0.787. The molecule has 0 N–H and O–H groups in total. The number of Topliss-reactive ketones (excluding diaryl/α,β-unsaturated/α-hetero) is 1. The maximum absolute atomic E-state index is 13.4. The normalized spacial score (nSPS) is 16.2. The number of benzene rings is 1. The number of carbonyl (C=O) groups excluding carboxylic acids is 3. The van der Waals surface area contributed by atoms with Crippen LogP contribution < -0.4 is 4.74 Å². The summed E-state index contributed by atoms with van der Waals surface area (Å²) in [4.78, 5) is 38.4. The van der Waals surface area contributed by atoms with Crippen LogP contribution in [0.3, 0.4) is 0 Å². The first kappa shape index (κ1) is 18.6. The molecule has 0 aliphatic carbocycles. The summed E-state index contributed by atoms with van der Waals surface area (Å²) in [5, 5.41) is 0. The molecule has 0 saturated carbocycles. The minimum Gasteiger partial charge on any atom is -0.496 e. The summed E-state index contributed by atoms with van der Waals surface area (Å²) < 4.78 is 28.6. The average molecular weight is 375 g/mol. The number of halogens is 1. The molecule has 1 amide bonds. The fourth-order valence-electron chi connectivity index (χ4n) is 3.01. The Morgan fingerprint density at radius 3 is 2.81 bits per heavy atom. The van der Waals surface area contributed by atoms with Gasteiger partial charge in [0.05, 0.1) is 18.9 Å². The Kier molecular flexibility index (Phi) is 5.54. The number of nitrogens with zero attached hydrogens (tertiary/aromatic N) is 1. The zero-order valence-corrected chi connectivity index (χ0v) is 14.6. The van der Waals surface area contributed by atoms with Crippen molar-refractivity contribution in [3.8, 4) is 5.75 Å². The van der Waals surface area contributed by atoms with Crippen LogP contribution in [0.2, 0.25) is 0 Å². The zero-order chi connectivity index (χ0) is 19.4. The minimum absolute atomic E-state index is 0.0137. The highest BCUT2D eigenvalue weighted by atomic mass is 19.1. The maximum atomic E-state index is 13.4. The van der Waals surface area contributed by atoms with E-state index in [-0.39, 0.29) is 17.1 Å². The van der Waals surface area contributed by atoms with E-state index in [0.29, 0.717) is 19.4 Å². The fraction of sp³-hybridized carbons (Fsp3) is 0.316. The predicted molar refractivity (Wildman–Crippen MR) is 91.0 cm³/mol. The molecule has 1 aliphatic heterocycles. The van der Waals surface area contributed by atoms with Gasteiger partial charge in [-0.3, -0.25) is 9.59 Å². The van der Waals surface area contributed by atoms with Crippen LogP contribution in [0.5, 0.6) is 5.75 Å². The van der Waals surface area contributed by atoms with Gasteiger partial charge in [-0.15, -0.1) is 0 Å². The quantitative estimate of drug-likeness (QED) is 0.569. The van der Waals surface area contributed by atoms with Crippen LogP contribution >= 0.6 is 0 Å². The first-order valence-electron chi connectivity index (χ1n) is 8.39. The van der Waals surface area contributed by atoms with Crippen LogP contribution in [0.1, 0.15) is 33.8 Å². The van der Waals surface area contributed by atoms with Gasteiger partial charge in [-0.05, 0) is 43.2 Å². The third-order valence-corrected chi connectivity index (χ3v) is 4.33. The van der Waals surface area contributed by atoms with E-state index in [0.717, 1.165) is 12.1 Å². The monoisotopic (exact) mass is 375 g/mol. The van der Waals surface area contributed by atoms with Gasteiger partial charge in [0.1, 0.15) is 17.6 Å². The van der Waals surface area contributed by atoms with Gasteiger partial charge in [0.15, 0.2) is 12.4 Å². The predicted octanol–water partition coefficient (Wildman–Crippen LogP) is 2.46. The lowest BCUT2D eigenvalue weighted by Crippen LogP contribution is -2.41. The van der Waals surface area contributed by atoms with Crippen molar-refractivity contribution in [2.45, 2.75) is 18.9 Å². The van der Waals surface area contributed by atoms with Gasteiger partial charge in [-0.25, -0.2) is 9.18 Å². The number of hydrogen-bond donors (Lipinski definition) is 0. The molecule has 1 fully saturated rings. The molecule has 1 aliphatic rings. The van der Waals surface area contributed by atoms with Crippen LogP contribution in [0.15, 0.2) is 41.0 Å². The van der Waals surface area contributed by atoms with Crippen molar-refractivity contribution in [3.63, 3.8) is 0 Å². The molecule has 7 nitrogen and oxygen atoms in total. The fourth-order valence-corrected chi connectivity index (χ4v) is 3.01. The van der Waals surface area contributed by atoms with E-state index in [9.17, 15) is 18.8 Å². The summed E-state index contributed by atoms with van der Waals surface area (Å²) in [5.41, 5.74) is -0.0137. The molecule has 142 valence electrons. The summed E-state index contributed by atoms with van der Waals surface area (Å²) in [6.45, 7) is -0.178. The van der Waals surface area contributed by atoms with Crippen molar-refractivity contribution < 1.29 is 32.7 Å². The van der Waals surface area contributed by atoms with Gasteiger partial charge in [-0.1, -0.05) is 0 Å². The Hall–Kier alpha value is -3.16. The second-order valence-electron chi connectivity index (χ2n) is 6.01. The lowest BCUT2D eigenvalue weighted by molar-refractivity contribution is -0.147. The molecule has 27 heavy (non-hydrogen) atoms. The van der Waals surface area contributed by atoms with Crippen LogP contribution in [0.4, 0.5) is 4.39 Å². The second kappa shape index (κ2) is 8.03. The molecule has 1 atom stereocenters. The first-order valence-corrected chi connectivity index (χ1v) is 8.39. The molecule has 2 heterocycles. The van der Waals surface area contributed by atoms with Crippen molar-refractivity contribution in [2.75, 3.05) is 20.3 Å². The number of hydrogen-bond acceptors (Lipinski definition) is 6. The molecule has 0 unspecified atom stereocenters. The topological polar surface area (TPSA) is 86.0 Å². The number of amides is 1. The highest BCUT2D eigenvalue weighted by molar-refractivity contribution is 6.01. The van der Waals surface area contributed by atoms with E-state index < -0.39 is 36.1 Å². The number of rotatable bonds is 6. The number of esters is 1. The van der Waals surface area contributed by atoms with E-state index in [4.69, 9.17) is 13.9 Å². The Morgan fingerprint density at radius 1 is 1.30 bits per heavy atom. The van der Waals surface area contributed by atoms with E-state index in [1.165, 1.54) is 30.4 Å². The molecule has 0 bridgehead atoms. The molecular weight excluding hydrogens is 357 g/mol. The number of ether oxygens (including phenoxy) is 2. The smallest absolute Gasteiger partial charge is 0.329 e. The molecule has 3 rings (SSSR count). The van der Waals surface area contributed by atoms with Crippen molar-refractivity contribution in [2.24, 2.45) is 0 Å². The van der Waals surface area contributed by atoms with Gasteiger partial charge < -0.3 is 18.8 Å². The third-order valence-electron chi connectivity index (χ3n) is 4.33. The summed E-state index contributed by atoms with van der Waals surface area (Å²) in [5.74, 6) is -1.96. The third kappa shape index (κ3) is 3.99. The second-order valence-corrected chi connectivity index (χ2v) is 6.01. The summed E-state index contributed by atoms with van der Waals surface area (Å²) in [6.07, 6.45) is 2.45. The van der Waals surface area contributed by atoms with Gasteiger partial charge in [-0.2, -0.15) is 0 Å². The Labute approximate surface area is 154 Å². The maximum Gasteiger partial charge on any atom is 0.329 e. The molecular formula is C19H18FNO6. The van der Waals surface area contributed by atoms with E-state index in [1.807, 2.05) is 0 Å². The number of ketones is 1. The van der Waals surface area contributed by atoms with E-state index >= 15 is 0 Å². The average Bonchev–Trinajstić information content (AvgIpc) is 3.37. The molecule has 0 spiro atoms. The lowest BCUT2D eigenvalue weighted by atomic mass is 10.1. The standard InChI is InChI=1S/C19H18FNO6/c1-25-16-7-6-12(20)10-13(16)15(22)11-27-19(24)14-4-2-8-21(14)18(23)17-5-3-9-26-17/h3,5-7,9-10,14H,2,4,8,11H2,1H3/t14-/m0/s1. The zero-order valence-electron chi connectivity index (χ0n) is 14.6. The van der Waals surface area contributed by atoms with Crippen LogP contribution in [0, 0.1) is 5.82 Å². The molecule has 1 aromatic carbocycles. The summed E-state index contributed by atoms with van der Waals surface area (Å²) in [6, 6.07) is 5.83. The lowest BCUT2D eigenvalue weighted by Gasteiger charge is -2.22. The highest BCUT2D eigenvalue weighted by Gasteiger charge is 2.37. The van der Waals surface area contributed by atoms with Gasteiger partial charge in [0.2, 0.25) is 5.78 Å². The molecule has 8 heteroatoms. The highest BCUT2D eigenvalue weighted by Crippen LogP contribution is 2.23. The Balaban J connectivity index is 1.64. The Morgan fingerprint density at radius 2 is 2.11 bits per heavy atom. The molecule has 2 aromatic rings. The number of carbonyl (C=O) groups is 3. The van der Waals surface area contributed by atoms with Gasteiger partial charge in [0.25, 0.3) is 5.91 Å². The van der Waals surface area contributed by atoms with E-state index in [1.54, 1.807) is 6.07 Å². The number of furan rings is 1. The van der Waals surface area contributed by atoms with Crippen molar-refractivity contribution in [1.29, 1.82) is 0 Å². The van der Waals surface area contributed by atoms with Gasteiger partial charge >= 0.3 is 5.97 Å². The van der Waals surface area contributed by atoms with Crippen LogP contribution in [-0.2, 0) is 9.53 Å². The largest absolute Gasteiger partial charge is 0.496 e. The van der Waals surface area contributed by atoms with Gasteiger partial charge in [0, 0.05) is 6.54 Å². The molecule has 1 saturated heterocycles. The molecule has 1 aromatic heterocycles. The first-order chi connectivity index (χ1) is 13.0. The van der Waals surface area contributed by atoms with Crippen LogP contribution in [0.25, 0.3) is 0 Å². The van der Waals surface area contributed by atoms with Crippen molar-refractivity contribution in [1.82, 2.24) is 4.90 Å². The summed E-state index contributed by atoms with van der Waals surface area (Å²) in [7, 11) is 1.35. The molecule has 0 radical (unpaired) electrons. The number of likely N-dealkylation sites (tertiary alicyclic amines) is 1. The Bertz CT molecular complexity index is 848.